The predicted octanol–water partition coefficient (Wildman–Crippen LogP) is 1.19. The Hall–Kier alpha value is -1.30. The number of hydrogen-bond acceptors (Lipinski definition) is 4. The maximum atomic E-state index is 11.8. The van der Waals surface area contributed by atoms with Gasteiger partial charge in [-0.3, -0.25) is 4.79 Å². The average Bonchev–Trinajstić information content (AvgIpc) is 2.39. The van der Waals surface area contributed by atoms with Gasteiger partial charge in [0.25, 0.3) is 0 Å². The van der Waals surface area contributed by atoms with E-state index in [0.717, 1.165) is 0 Å². The van der Waals surface area contributed by atoms with Gasteiger partial charge in [-0.05, 0) is 17.7 Å². The number of hydrogen-bond donors (Lipinski definition) is 2. The van der Waals surface area contributed by atoms with Gasteiger partial charge in [-0.2, -0.15) is 0 Å². The molecule has 0 saturated carbocycles. The molecule has 0 saturated heterocycles. The van der Waals surface area contributed by atoms with Crippen LogP contribution < -0.4 is 5.32 Å². The number of carbonyl (C=O) groups excluding carboxylic acids is 2. The monoisotopic (exact) mass is 305 g/mol. The minimum Gasteiger partial charge on any atom is -0.467 e. The van der Waals surface area contributed by atoms with Crippen LogP contribution in [0.4, 0.5) is 0 Å². The number of nitrogens with one attached hydrogen (secondary N) is 1. The summed E-state index contributed by atoms with van der Waals surface area (Å²) in [6, 6.07) is 3.79. The SMILES string of the molecule is COC(=O)C(CO)NC(=O)Cc1c(Cl)cccc1Cl. The summed E-state index contributed by atoms with van der Waals surface area (Å²) in [5.74, 6) is -1.21. The first-order chi connectivity index (χ1) is 8.99. The average molecular weight is 306 g/mol. The summed E-state index contributed by atoms with van der Waals surface area (Å²) in [7, 11) is 1.17. The summed E-state index contributed by atoms with van der Waals surface area (Å²) < 4.78 is 4.44. The molecule has 19 heavy (non-hydrogen) atoms. The number of halogens is 2. The van der Waals surface area contributed by atoms with Gasteiger partial charge in [0.1, 0.15) is 0 Å². The fourth-order valence-electron chi connectivity index (χ4n) is 1.43. The van der Waals surface area contributed by atoms with E-state index in [1.807, 2.05) is 0 Å². The Morgan fingerprint density at radius 1 is 1.37 bits per heavy atom. The van der Waals surface area contributed by atoms with E-state index in [1.165, 1.54) is 7.11 Å². The minimum absolute atomic E-state index is 0.0913. The number of amides is 1. The summed E-state index contributed by atoms with van der Waals surface area (Å²) in [6.07, 6.45) is -0.0913. The van der Waals surface area contributed by atoms with Gasteiger partial charge in [-0.25, -0.2) is 4.79 Å². The highest BCUT2D eigenvalue weighted by molar-refractivity contribution is 6.36. The molecule has 1 aromatic carbocycles. The highest BCUT2D eigenvalue weighted by Crippen LogP contribution is 2.24. The third-order valence-corrected chi connectivity index (χ3v) is 3.11. The van der Waals surface area contributed by atoms with E-state index in [-0.39, 0.29) is 6.42 Å². The molecule has 0 heterocycles. The molecule has 1 amide bonds. The largest absolute Gasteiger partial charge is 0.467 e. The number of benzene rings is 1. The molecule has 104 valence electrons. The Morgan fingerprint density at radius 3 is 2.42 bits per heavy atom. The van der Waals surface area contributed by atoms with Crippen molar-refractivity contribution < 1.29 is 19.4 Å². The van der Waals surface area contributed by atoms with Crippen molar-refractivity contribution in [3.8, 4) is 0 Å². The predicted molar refractivity (Wildman–Crippen MR) is 71.2 cm³/mol. The topological polar surface area (TPSA) is 75.6 Å². The third-order valence-electron chi connectivity index (χ3n) is 2.40. The van der Waals surface area contributed by atoms with Crippen LogP contribution in [0.1, 0.15) is 5.56 Å². The van der Waals surface area contributed by atoms with E-state index >= 15 is 0 Å². The van der Waals surface area contributed by atoms with Gasteiger partial charge in [0.15, 0.2) is 6.04 Å². The van der Waals surface area contributed by atoms with E-state index in [2.05, 4.69) is 10.1 Å². The lowest BCUT2D eigenvalue weighted by molar-refractivity contribution is -0.146. The number of carbonyl (C=O) groups is 2. The van der Waals surface area contributed by atoms with Crippen LogP contribution in [0.25, 0.3) is 0 Å². The van der Waals surface area contributed by atoms with Gasteiger partial charge in [0, 0.05) is 10.0 Å². The quantitative estimate of drug-likeness (QED) is 0.801. The first-order valence-electron chi connectivity index (χ1n) is 5.40. The molecule has 1 unspecified atom stereocenters. The van der Waals surface area contributed by atoms with Crippen LogP contribution in [-0.2, 0) is 20.7 Å². The molecule has 0 bridgehead atoms. The van der Waals surface area contributed by atoms with E-state index in [0.29, 0.717) is 15.6 Å². The highest BCUT2D eigenvalue weighted by Gasteiger charge is 2.21. The van der Waals surface area contributed by atoms with Crippen molar-refractivity contribution >= 4 is 35.1 Å². The van der Waals surface area contributed by atoms with Gasteiger partial charge in [0.05, 0.1) is 20.1 Å². The van der Waals surface area contributed by atoms with Crippen LogP contribution in [0.5, 0.6) is 0 Å². The fourth-order valence-corrected chi connectivity index (χ4v) is 1.96. The second-order valence-electron chi connectivity index (χ2n) is 3.70. The molecule has 0 aliphatic carbocycles. The Balaban J connectivity index is 2.72. The zero-order valence-corrected chi connectivity index (χ0v) is 11.7. The molecule has 0 fully saturated rings. The van der Waals surface area contributed by atoms with Crippen molar-refractivity contribution in [2.45, 2.75) is 12.5 Å². The summed E-state index contributed by atoms with van der Waals surface area (Å²) in [4.78, 5) is 23.0. The Morgan fingerprint density at radius 2 is 1.95 bits per heavy atom. The van der Waals surface area contributed by atoms with Crippen LogP contribution >= 0.6 is 23.2 Å². The minimum atomic E-state index is -1.10. The van der Waals surface area contributed by atoms with Crippen LogP contribution in [0.2, 0.25) is 10.0 Å². The van der Waals surface area contributed by atoms with Crippen molar-refractivity contribution in [1.82, 2.24) is 5.32 Å². The normalized spacial score (nSPS) is 11.8. The number of aliphatic hydroxyl groups is 1. The Bertz CT molecular complexity index is 459. The number of rotatable bonds is 5. The molecular formula is C12H13Cl2NO4. The first-order valence-corrected chi connectivity index (χ1v) is 6.16. The van der Waals surface area contributed by atoms with Crippen LogP contribution in [0.3, 0.4) is 0 Å². The maximum Gasteiger partial charge on any atom is 0.330 e. The van der Waals surface area contributed by atoms with Gasteiger partial charge < -0.3 is 15.2 Å². The van der Waals surface area contributed by atoms with Gasteiger partial charge in [-0.15, -0.1) is 0 Å². The zero-order chi connectivity index (χ0) is 14.4. The summed E-state index contributed by atoms with van der Waals surface area (Å²) in [6.45, 7) is -0.547. The van der Waals surface area contributed by atoms with Crippen molar-refractivity contribution in [1.29, 1.82) is 0 Å². The molecule has 0 spiro atoms. The van der Waals surface area contributed by atoms with Gasteiger partial charge in [-0.1, -0.05) is 29.3 Å². The Kier molecular flexibility index (Phi) is 6.08. The molecule has 1 atom stereocenters. The number of aliphatic hydroxyl groups excluding tert-OH is 1. The van der Waals surface area contributed by atoms with Crippen molar-refractivity contribution in [3.63, 3.8) is 0 Å². The van der Waals surface area contributed by atoms with Crippen LogP contribution in [0, 0.1) is 0 Å². The second-order valence-corrected chi connectivity index (χ2v) is 4.52. The summed E-state index contributed by atoms with van der Waals surface area (Å²) in [5, 5.41) is 12.0. The standard InChI is InChI=1S/C12H13Cl2NO4/c1-19-12(18)10(6-16)15-11(17)5-7-8(13)3-2-4-9(7)14/h2-4,10,16H,5-6H2,1H3,(H,15,17). The first kappa shape index (κ1) is 15.8. The molecule has 5 nitrogen and oxygen atoms in total. The van der Waals surface area contributed by atoms with E-state index in [9.17, 15) is 9.59 Å². The molecule has 0 aromatic heterocycles. The lowest BCUT2D eigenvalue weighted by Gasteiger charge is -2.14. The lowest BCUT2D eigenvalue weighted by Crippen LogP contribution is -2.44. The van der Waals surface area contributed by atoms with Crippen molar-refractivity contribution in [3.05, 3.63) is 33.8 Å². The van der Waals surface area contributed by atoms with Crippen LogP contribution in [-0.4, -0.2) is 36.7 Å². The van der Waals surface area contributed by atoms with E-state index in [4.69, 9.17) is 28.3 Å². The second kappa shape index (κ2) is 7.33. The number of ether oxygens (including phenoxy) is 1. The molecule has 0 radical (unpaired) electrons. The third kappa shape index (κ3) is 4.38. The van der Waals surface area contributed by atoms with E-state index < -0.39 is 24.5 Å². The summed E-state index contributed by atoms with van der Waals surface area (Å²) >= 11 is 11.9. The molecule has 1 rings (SSSR count). The molecule has 7 heteroatoms. The molecule has 2 N–H and O–H groups in total. The molecular weight excluding hydrogens is 293 g/mol. The van der Waals surface area contributed by atoms with Crippen molar-refractivity contribution in [2.75, 3.05) is 13.7 Å². The lowest BCUT2D eigenvalue weighted by atomic mass is 10.1. The number of esters is 1. The fraction of sp³-hybridized carbons (Fsp3) is 0.333. The van der Waals surface area contributed by atoms with Crippen molar-refractivity contribution in [2.24, 2.45) is 0 Å². The van der Waals surface area contributed by atoms with Gasteiger partial charge >= 0.3 is 5.97 Å². The van der Waals surface area contributed by atoms with Gasteiger partial charge in [0.2, 0.25) is 5.91 Å². The molecule has 0 aliphatic heterocycles. The Labute approximate surface area is 120 Å². The van der Waals surface area contributed by atoms with E-state index in [1.54, 1.807) is 18.2 Å². The maximum absolute atomic E-state index is 11.8. The molecule has 1 aromatic rings. The van der Waals surface area contributed by atoms with Crippen LogP contribution in [0.15, 0.2) is 18.2 Å². The highest BCUT2D eigenvalue weighted by atomic mass is 35.5. The smallest absolute Gasteiger partial charge is 0.330 e. The molecule has 0 aliphatic rings. The number of methoxy groups -OCH3 is 1. The summed E-state index contributed by atoms with van der Waals surface area (Å²) in [5.41, 5.74) is 0.463. The zero-order valence-electron chi connectivity index (χ0n) is 10.2.